The molecular weight excluding hydrogens is 342 g/mol. The second kappa shape index (κ2) is 6.55. The summed E-state index contributed by atoms with van der Waals surface area (Å²) in [5, 5.41) is 3.91. The van der Waals surface area contributed by atoms with Gasteiger partial charge in [0, 0.05) is 19.0 Å². The van der Waals surface area contributed by atoms with Gasteiger partial charge >= 0.3 is 0 Å². The van der Waals surface area contributed by atoms with Crippen LogP contribution in [0, 0.1) is 18.8 Å². The predicted octanol–water partition coefficient (Wildman–Crippen LogP) is 2.13. The maximum atomic E-state index is 13.3. The first-order valence-corrected chi connectivity index (χ1v) is 10.3. The summed E-state index contributed by atoms with van der Waals surface area (Å²) < 4.78 is 32.7. The molecule has 3 heterocycles. The predicted molar refractivity (Wildman–Crippen MR) is 93.9 cm³/mol. The molecule has 0 radical (unpaired) electrons. The second-order valence-electron chi connectivity index (χ2n) is 7.56. The lowest BCUT2D eigenvalue weighted by molar-refractivity contribution is -0.134. The first-order valence-electron chi connectivity index (χ1n) is 8.73. The van der Waals surface area contributed by atoms with Gasteiger partial charge in [-0.25, -0.2) is 8.42 Å². The highest BCUT2D eigenvalue weighted by molar-refractivity contribution is 7.90. The Balaban J connectivity index is 1.90. The molecular formula is C17H25N3O4S. The molecule has 138 valence electrons. The number of hydrogen-bond donors (Lipinski definition) is 0. The molecule has 1 saturated heterocycles. The minimum Gasteiger partial charge on any atom is -0.360 e. The average Bonchev–Trinajstić information content (AvgIpc) is 3.18. The summed E-state index contributed by atoms with van der Waals surface area (Å²) in [4.78, 5) is 15.1. The molecule has 1 aromatic heterocycles. The van der Waals surface area contributed by atoms with E-state index in [1.807, 2.05) is 20.8 Å². The molecule has 2 aliphatic heterocycles. The molecule has 0 bridgehead atoms. The highest BCUT2D eigenvalue weighted by Gasteiger charge is 2.42. The Kier molecular flexibility index (Phi) is 4.74. The Bertz CT molecular complexity index is 797. The van der Waals surface area contributed by atoms with Crippen molar-refractivity contribution >= 4 is 21.6 Å². The van der Waals surface area contributed by atoms with Gasteiger partial charge in [0.25, 0.3) is 10.0 Å². The molecule has 25 heavy (non-hydrogen) atoms. The molecule has 2 aliphatic rings. The van der Waals surface area contributed by atoms with Crippen LogP contribution in [0.15, 0.2) is 15.0 Å². The first-order chi connectivity index (χ1) is 11.7. The van der Waals surface area contributed by atoms with Gasteiger partial charge in [-0.05, 0) is 25.2 Å². The quantitative estimate of drug-likeness (QED) is 0.813. The number of aromatic nitrogens is 1. The van der Waals surface area contributed by atoms with E-state index in [2.05, 4.69) is 16.5 Å². The molecule has 1 amide bonds. The van der Waals surface area contributed by atoms with Crippen LogP contribution in [-0.2, 0) is 14.8 Å². The molecule has 1 unspecified atom stereocenters. The van der Waals surface area contributed by atoms with E-state index < -0.39 is 15.9 Å². The van der Waals surface area contributed by atoms with Gasteiger partial charge in [0.2, 0.25) is 5.91 Å². The molecule has 0 aliphatic carbocycles. The lowest BCUT2D eigenvalue weighted by Crippen LogP contribution is -2.43. The number of likely N-dealkylation sites (tertiary alicyclic amines) is 1. The molecule has 1 aromatic rings. The highest BCUT2D eigenvalue weighted by Crippen LogP contribution is 2.34. The molecule has 3 atom stereocenters. The minimum absolute atomic E-state index is 0.0347. The summed E-state index contributed by atoms with van der Waals surface area (Å²) >= 11 is 0. The number of aryl methyl sites for hydroxylation is 1. The van der Waals surface area contributed by atoms with E-state index >= 15 is 0 Å². The zero-order chi connectivity index (χ0) is 18.4. The smallest absolute Gasteiger partial charge is 0.253 e. The van der Waals surface area contributed by atoms with Crippen molar-refractivity contribution < 1.29 is 17.7 Å². The Morgan fingerprint density at radius 3 is 2.64 bits per heavy atom. The molecule has 0 N–H and O–H groups in total. The fourth-order valence-electron chi connectivity index (χ4n) is 3.78. The highest BCUT2D eigenvalue weighted by atomic mass is 32.2. The SMILES string of the molecule is Cc1cc(C(C(=O)N2C[C@H](C)C[C@H]2C2=NS(=O)(=O)CC2)C(C)C)on1. The van der Waals surface area contributed by atoms with E-state index in [-0.39, 0.29) is 23.6 Å². The topological polar surface area (TPSA) is 92.8 Å². The number of sulfonamides is 1. The van der Waals surface area contributed by atoms with Gasteiger partial charge in [-0.15, -0.1) is 0 Å². The van der Waals surface area contributed by atoms with Crippen LogP contribution in [0.3, 0.4) is 0 Å². The van der Waals surface area contributed by atoms with Crippen molar-refractivity contribution in [2.75, 3.05) is 12.3 Å². The Hall–Kier alpha value is -1.70. The standard InChI is InChI=1S/C17H25N3O4S/c1-10(2)16(15-8-12(4)18-24-15)17(21)20-9-11(3)7-14(20)13-5-6-25(22,23)19-13/h8,10-11,14,16H,5-7,9H2,1-4H3/t11-,14+,16?/m1/s1. The van der Waals surface area contributed by atoms with E-state index in [4.69, 9.17) is 4.52 Å². The fourth-order valence-corrected chi connectivity index (χ4v) is 4.91. The lowest BCUT2D eigenvalue weighted by atomic mass is 9.91. The average molecular weight is 367 g/mol. The van der Waals surface area contributed by atoms with E-state index in [1.165, 1.54) is 0 Å². The van der Waals surface area contributed by atoms with Gasteiger partial charge < -0.3 is 9.42 Å². The number of amides is 1. The fraction of sp³-hybridized carbons (Fsp3) is 0.706. The third-order valence-corrected chi connectivity index (χ3v) is 6.17. The van der Waals surface area contributed by atoms with Gasteiger partial charge in [0.05, 0.1) is 23.2 Å². The summed E-state index contributed by atoms with van der Waals surface area (Å²) in [7, 11) is -3.36. The van der Waals surface area contributed by atoms with Crippen molar-refractivity contribution in [3.05, 3.63) is 17.5 Å². The minimum atomic E-state index is -3.36. The van der Waals surface area contributed by atoms with Gasteiger partial charge in [-0.1, -0.05) is 25.9 Å². The lowest BCUT2D eigenvalue weighted by Gasteiger charge is -2.29. The largest absolute Gasteiger partial charge is 0.360 e. The van der Waals surface area contributed by atoms with Crippen LogP contribution in [-0.4, -0.2) is 48.4 Å². The monoisotopic (exact) mass is 367 g/mol. The molecule has 8 heteroatoms. The summed E-state index contributed by atoms with van der Waals surface area (Å²) in [5.74, 6) is 0.510. The maximum Gasteiger partial charge on any atom is 0.253 e. The van der Waals surface area contributed by atoms with E-state index in [1.54, 1.807) is 11.0 Å². The van der Waals surface area contributed by atoms with Crippen molar-refractivity contribution in [2.45, 2.75) is 52.5 Å². The van der Waals surface area contributed by atoms with Crippen molar-refractivity contribution in [3.63, 3.8) is 0 Å². The van der Waals surface area contributed by atoms with Crippen molar-refractivity contribution in [1.82, 2.24) is 10.1 Å². The first kappa shape index (κ1) is 18.1. The summed E-state index contributed by atoms with van der Waals surface area (Å²) in [6.45, 7) is 8.47. The molecule has 0 aromatic carbocycles. The Morgan fingerprint density at radius 2 is 2.12 bits per heavy atom. The van der Waals surface area contributed by atoms with Crippen LogP contribution < -0.4 is 0 Å². The van der Waals surface area contributed by atoms with Crippen LogP contribution in [0.1, 0.15) is 51.0 Å². The third-order valence-electron chi connectivity index (χ3n) is 4.94. The van der Waals surface area contributed by atoms with Crippen LogP contribution in [0.4, 0.5) is 0 Å². The van der Waals surface area contributed by atoms with Crippen molar-refractivity contribution in [2.24, 2.45) is 16.2 Å². The summed E-state index contributed by atoms with van der Waals surface area (Å²) in [5.41, 5.74) is 1.36. The zero-order valence-corrected chi connectivity index (χ0v) is 15.9. The molecule has 7 nitrogen and oxygen atoms in total. The number of carbonyl (C=O) groups is 1. The number of nitrogens with zero attached hydrogens (tertiary/aromatic N) is 3. The van der Waals surface area contributed by atoms with E-state index in [9.17, 15) is 13.2 Å². The third kappa shape index (κ3) is 3.63. The molecule has 0 spiro atoms. The normalized spacial score (nSPS) is 26.9. The van der Waals surface area contributed by atoms with Crippen molar-refractivity contribution in [1.29, 1.82) is 0 Å². The van der Waals surface area contributed by atoms with Gasteiger partial charge in [0.15, 0.2) is 0 Å². The van der Waals surface area contributed by atoms with Crippen molar-refractivity contribution in [3.8, 4) is 0 Å². The van der Waals surface area contributed by atoms with Gasteiger partial charge in [-0.3, -0.25) is 4.79 Å². The Morgan fingerprint density at radius 1 is 1.40 bits per heavy atom. The van der Waals surface area contributed by atoms with Crippen LogP contribution in [0.25, 0.3) is 0 Å². The van der Waals surface area contributed by atoms with Crippen LogP contribution >= 0.6 is 0 Å². The molecule has 3 rings (SSSR count). The van der Waals surface area contributed by atoms with E-state index in [0.29, 0.717) is 30.4 Å². The zero-order valence-electron chi connectivity index (χ0n) is 15.1. The Labute approximate surface area is 148 Å². The second-order valence-corrected chi connectivity index (χ2v) is 9.31. The van der Waals surface area contributed by atoms with Crippen LogP contribution in [0.2, 0.25) is 0 Å². The maximum absolute atomic E-state index is 13.3. The summed E-state index contributed by atoms with van der Waals surface area (Å²) in [6.07, 6.45) is 1.16. The number of hydrogen-bond acceptors (Lipinski definition) is 5. The summed E-state index contributed by atoms with van der Waals surface area (Å²) in [6, 6.07) is 1.57. The van der Waals surface area contributed by atoms with Gasteiger partial charge in [-0.2, -0.15) is 4.40 Å². The molecule has 1 fully saturated rings. The number of carbonyl (C=O) groups excluding carboxylic acids is 1. The number of rotatable bonds is 4. The van der Waals surface area contributed by atoms with E-state index in [0.717, 1.165) is 12.1 Å². The van der Waals surface area contributed by atoms with Gasteiger partial charge in [0.1, 0.15) is 11.7 Å². The van der Waals surface area contributed by atoms with Crippen LogP contribution in [0.5, 0.6) is 0 Å². The molecule has 0 saturated carbocycles.